The molecular weight excluding hydrogens is 198 g/mol. The van der Waals surface area contributed by atoms with E-state index < -0.39 is 0 Å². The summed E-state index contributed by atoms with van der Waals surface area (Å²) in [7, 11) is 0. The zero-order chi connectivity index (χ0) is 11.2. The number of nitrogens with one attached hydrogen (secondary N) is 1. The summed E-state index contributed by atoms with van der Waals surface area (Å²) in [6.07, 6.45) is 12.0. The molecule has 1 N–H and O–H groups in total. The van der Waals surface area contributed by atoms with Crippen molar-refractivity contribution in [2.75, 3.05) is 6.54 Å². The van der Waals surface area contributed by atoms with Crippen LogP contribution in [0.4, 0.5) is 0 Å². The first-order valence-electron chi connectivity index (χ1n) is 6.39. The van der Waals surface area contributed by atoms with Gasteiger partial charge in [0.2, 0.25) is 0 Å². The summed E-state index contributed by atoms with van der Waals surface area (Å²) in [4.78, 5) is 8.56. The highest BCUT2D eigenvalue weighted by atomic mass is 14.9. The third kappa shape index (κ3) is 3.56. The lowest BCUT2D eigenvalue weighted by Crippen LogP contribution is -2.23. The Balaban J connectivity index is 1.89. The summed E-state index contributed by atoms with van der Waals surface area (Å²) >= 11 is 0. The minimum atomic E-state index is 0.397. The molecule has 1 heterocycles. The number of hydrogen-bond donors (Lipinski definition) is 1. The summed E-state index contributed by atoms with van der Waals surface area (Å²) in [6.45, 7) is 3.26. The Morgan fingerprint density at radius 1 is 1.44 bits per heavy atom. The zero-order valence-electron chi connectivity index (χ0n) is 10.0. The van der Waals surface area contributed by atoms with E-state index in [0.717, 1.165) is 18.2 Å². The second kappa shape index (κ2) is 5.94. The van der Waals surface area contributed by atoms with Crippen LogP contribution in [0.3, 0.4) is 0 Å². The van der Waals surface area contributed by atoms with E-state index in [9.17, 15) is 0 Å². The van der Waals surface area contributed by atoms with E-state index >= 15 is 0 Å². The van der Waals surface area contributed by atoms with Crippen LogP contribution in [0.1, 0.15) is 50.8 Å². The van der Waals surface area contributed by atoms with E-state index in [4.69, 9.17) is 0 Å². The van der Waals surface area contributed by atoms with Crippen molar-refractivity contribution in [1.82, 2.24) is 15.3 Å². The first-order valence-corrected chi connectivity index (χ1v) is 6.39. The number of hydrogen-bond acceptors (Lipinski definition) is 3. The number of rotatable bonds is 7. The van der Waals surface area contributed by atoms with Crippen LogP contribution in [0.15, 0.2) is 18.6 Å². The van der Waals surface area contributed by atoms with E-state index in [1.807, 2.05) is 6.20 Å². The molecule has 3 heteroatoms. The molecule has 1 fully saturated rings. The normalized spacial score (nSPS) is 17.3. The quantitative estimate of drug-likeness (QED) is 0.766. The molecule has 0 spiro atoms. The molecule has 3 nitrogen and oxygen atoms in total. The summed E-state index contributed by atoms with van der Waals surface area (Å²) in [5, 5.41) is 3.57. The zero-order valence-corrected chi connectivity index (χ0v) is 10.0. The monoisotopic (exact) mass is 219 g/mol. The summed E-state index contributed by atoms with van der Waals surface area (Å²) < 4.78 is 0. The van der Waals surface area contributed by atoms with Crippen molar-refractivity contribution in [3.63, 3.8) is 0 Å². The average Bonchev–Trinajstić information content (AvgIpc) is 3.14. The molecule has 1 aliphatic carbocycles. The van der Waals surface area contributed by atoms with Crippen molar-refractivity contribution in [3.05, 3.63) is 24.3 Å². The maximum Gasteiger partial charge on any atom is 0.0756 e. The Kier molecular flexibility index (Phi) is 4.28. The van der Waals surface area contributed by atoms with Crippen molar-refractivity contribution >= 4 is 0 Å². The topological polar surface area (TPSA) is 37.8 Å². The van der Waals surface area contributed by atoms with Crippen LogP contribution in [-0.2, 0) is 0 Å². The first kappa shape index (κ1) is 11.5. The molecule has 1 atom stereocenters. The Morgan fingerprint density at radius 2 is 2.31 bits per heavy atom. The van der Waals surface area contributed by atoms with Crippen molar-refractivity contribution in [1.29, 1.82) is 0 Å². The number of aromatic nitrogens is 2. The lowest BCUT2D eigenvalue weighted by Gasteiger charge is -2.17. The summed E-state index contributed by atoms with van der Waals surface area (Å²) in [5.41, 5.74) is 1.09. The highest BCUT2D eigenvalue weighted by Gasteiger charge is 2.23. The molecule has 0 amide bonds. The second-order valence-electron chi connectivity index (χ2n) is 4.66. The van der Waals surface area contributed by atoms with E-state index in [1.54, 1.807) is 12.4 Å². The van der Waals surface area contributed by atoms with Gasteiger partial charge in [-0.1, -0.05) is 19.8 Å². The molecular formula is C13H21N3. The molecule has 1 aliphatic rings. The highest BCUT2D eigenvalue weighted by molar-refractivity contribution is 5.02. The van der Waals surface area contributed by atoms with E-state index in [1.165, 1.54) is 32.1 Å². The molecule has 1 aromatic rings. The largest absolute Gasteiger partial charge is 0.309 e. The highest BCUT2D eigenvalue weighted by Crippen LogP contribution is 2.35. The molecule has 0 saturated heterocycles. The van der Waals surface area contributed by atoms with Crippen LogP contribution < -0.4 is 5.32 Å². The fourth-order valence-electron chi connectivity index (χ4n) is 1.97. The van der Waals surface area contributed by atoms with Crippen LogP contribution in [0, 0.1) is 5.92 Å². The molecule has 0 aliphatic heterocycles. The molecule has 0 aromatic carbocycles. The van der Waals surface area contributed by atoms with E-state index in [-0.39, 0.29) is 0 Å². The third-order valence-electron chi connectivity index (χ3n) is 3.14. The van der Waals surface area contributed by atoms with Gasteiger partial charge in [0.1, 0.15) is 0 Å². The van der Waals surface area contributed by atoms with Gasteiger partial charge < -0.3 is 5.32 Å². The third-order valence-corrected chi connectivity index (χ3v) is 3.14. The molecule has 1 unspecified atom stereocenters. The van der Waals surface area contributed by atoms with Crippen molar-refractivity contribution in [3.8, 4) is 0 Å². The van der Waals surface area contributed by atoms with Crippen molar-refractivity contribution in [2.45, 2.75) is 45.1 Å². The number of nitrogens with zero attached hydrogens (tertiary/aromatic N) is 2. The van der Waals surface area contributed by atoms with Gasteiger partial charge in [0.25, 0.3) is 0 Å². The standard InChI is InChI=1S/C13H21N3/c1-2-7-15-12(6-5-11-3-4-11)13-10-14-8-9-16-13/h8-12,15H,2-7H2,1H3. The molecule has 2 rings (SSSR count). The van der Waals surface area contributed by atoms with Crippen LogP contribution >= 0.6 is 0 Å². The average molecular weight is 219 g/mol. The maximum absolute atomic E-state index is 4.41. The maximum atomic E-state index is 4.41. The van der Waals surface area contributed by atoms with E-state index in [0.29, 0.717) is 6.04 Å². The fraction of sp³-hybridized carbons (Fsp3) is 0.692. The smallest absolute Gasteiger partial charge is 0.0756 e. The fourth-order valence-corrected chi connectivity index (χ4v) is 1.97. The van der Waals surface area contributed by atoms with Crippen LogP contribution in [0.25, 0.3) is 0 Å². The van der Waals surface area contributed by atoms with Gasteiger partial charge in [0.15, 0.2) is 0 Å². The minimum Gasteiger partial charge on any atom is -0.309 e. The lowest BCUT2D eigenvalue weighted by molar-refractivity contribution is 0.460. The van der Waals surface area contributed by atoms with Crippen LogP contribution in [0.5, 0.6) is 0 Å². The minimum absolute atomic E-state index is 0.397. The van der Waals surface area contributed by atoms with Gasteiger partial charge in [-0.15, -0.1) is 0 Å². The Morgan fingerprint density at radius 3 is 2.94 bits per heavy atom. The van der Waals surface area contributed by atoms with Gasteiger partial charge in [-0.2, -0.15) is 0 Å². The first-order chi connectivity index (χ1) is 7.90. The Hall–Kier alpha value is -0.960. The molecule has 1 aromatic heterocycles. The van der Waals surface area contributed by atoms with Gasteiger partial charge in [-0.05, 0) is 31.7 Å². The van der Waals surface area contributed by atoms with Gasteiger partial charge in [0, 0.05) is 18.6 Å². The van der Waals surface area contributed by atoms with Gasteiger partial charge >= 0.3 is 0 Å². The van der Waals surface area contributed by atoms with Crippen LogP contribution in [0.2, 0.25) is 0 Å². The SMILES string of the molecule is CCCNC(CCC1CC1)c1cnccn1. The Bertz CT molecular complexity index is 295. The predicted molar refractivity (Wildman–Crippen MR) is 65.0 cm³/mol. The predicted octanol–water partition coefficient (Wildman–Crippen LogP) is 2.71. The summed E-state index contributed by atoms with van der Waals surface area (Å²) in [5.74, 6) is 0.989. The molecule has 0 radical (unpaired) electrons. The van der Waals surface area contributed by atoms with Crippen LogP contribution in [-0.4, -0.2) is 16.5 Å². The Labute approximate surface area is 97.7 Å². The summed E-state index contributed by atoms with van der Waals surface area (Å²) in [6, 6.07) is 0.397. The van der Waals surface area contributed by atoms with Gasteiger partial charge in [-0.25, -0.2) is 0 Å². The van der Waals surface area contributed by atoms with Crippen molar-refractivity contribution in [2.24, 2.45) is 5.92 Å². The van der Waals surface area contributed by atoms with E-state index in [2.05, 4.69) is 22.2 Å². The molecule has 0 bridgehead atoms. The lowest BCUT2D eigenvalue weighted by atomic mass is 10.1. The van der Waals surface area contributed by atoms with Crippen molar-refractivity contribution < 1.29 is 0 Å². The molecule has 16 heavy (non-hydrogen) atoms. The van der Waals surface area contributed by atoms with Gasteiger partial charge in [-0.3, -0.25) is 9.97 Å². The molecule has 1 saturated carbocycles. The second-order valence-corrected chi connectivity index (χ2v) is 4.66. The molecule has 88 valence electrons. The van der Waals surface area contributed by atoms with Gasteiger partial charge in [0.05, 0.1) is 11.7 Å².